The molecular formula is C27H45N3O8. The minimum atomic E-state index is -1.14. The number of benzene rings is 1. The zero-order valence-electron chi connectivity index (χ0n) is 23.4. The third kappa shape index (κ3) is 10.4. The van der Waals surface area contributed by atoms with Crippen molar-refractivity contribution in [2.75, 3.05) is 85.4 Å². The van der Waals surface area contributed by atoms with E-state index in [-0.39, 0.29) is 12.0 Å². The third-order valence-electron chi connectivity index (χ3n) is 6.12. The monoisotopic (exact) mass is 539 g/mol. The highest BCUT2D eigenvalue weighted by Crippen LogP contribution is 2.32. The zero-order valence-corrected chi connectivity index (χ0v) is 23.4. The molecule has 2 amide bonds. The SMILES string of the molecule is COCCNc1ccc(C(C(=O)N2CC[C@H](OCCOCCOCCOC)C2)N(C(=O)O)C(C)(C)C)cc1. The number of hydrogen-bond acceptors (Lipinski definition) is 8. The molecule has 0 radical (unpaired) electrons. The molecule has 38 heavy (non-hydrogen) atoms. The van der Waals surface area contributed by atoms with Crippen LogP contribution in [0.4, 0.5) is 10.5 Å². The van der Waals surface area contributed by atoms with Crippen molar-refractivity contribution in [1.29, 1.82) is 0 Å². The average molecular weight is 540 g/mol. The van der Waals surface area contributed by atoms with Gasteiger partial charge in [-0.05, 0) is 44.9 Å². The summed E-state index contributed by atoms with van der Waals surface area (Å²) in [4.78, 5) is 29.1. The number of nitrogens with one attached hydrogen (secondary N) is 1. The Balaban J connectivity index is 1.99. The average Bonchev–Trinajstić information content (AvgIpc) is 3.34. The molecule has 0 aromatic heterocycles. The number of nitrogens with zero attached hydrogens (tertiary/aromatic N) is 2. The standard InChI is InChI=1S/C27H45N3O8/c1-27(2,3)30(26(32)33)24(21-6-8-22(9-7-21)28-11-13-34-4)25(31)29-12-10-23(20-29)38-19-18-37-17-16-36-15-14-35-5/h6-9,23-24,28H,10-20H2,1-5H3,(H,32,33)/t23-,24?/m0/s1. The minimum Gasteiger partial charge on any atom is -0.465 e. The van der Waals surface area contributed by atoms with Crippen LogP contribution in [-0.2, 0) is 28.5 Å². The highest BCUT2D eigenvalue weighted by molar-refractivity contribution is 5.87. The van der Waals surface area contributed by atoms with Gasteiger partial charge in [-0.2, -0.15) is 0 Å². The molecule has 1 saturated heterocycles. The fourth-order valence-corrected chi connectivity index (χ4v) is 4.24. The van der Waals surface area contributed by atoms with Gasteiger partial charge < -0.3 is 39.0 Å². The minimum absolute atomic E-state index is 0.124. The number of hydrogen-bond donors (Lipinski definition) is 2. The lowest BCUT2D eigenvalue weighted by Crippen LogP contribution is -2.52. The molecule has 0 saturated carbocycles. The molecule has 2 rings (SSSR count). The Morgan fingerprint density at radius 1 is 1.00 bits per heavy atom. The maximum atomic E-state index is 13.8. The highest BCUT2D eigenvalue weighted by Gasteiger charge is 2.42. The van der Waals surface area contributed by atoms with Crippen molar-refractivity contribution in [2.24, 2.45) is 0 Å². The summed E-state index contributed by atoms with van der Waals surface area (Å²) in [7, 11) is 3.26. The van der Waals surface area contributed by atoms with Crippen molar-refractivity contribution in [3.63, 3.8) is 0 Å². The topological polar surface area (TPSA) is 119 Å². The van der Waals surface area contributed by atoms with E-state index in [4.69, 9.17) is 23.7 Å². The molecule has 0 bridgehead atoms. The largest absolute Gasteiger partial charge is 0.465 e. The van der Waals surface area contributed by atoms with E-state index in [9.17, 15) is 14.7 Å². The first kappa shape index (κ1) is 31.8. The van der Waals surface area contributed by atoms with Crippen LogP contribution in [0.15, 0.2) is 24.3 Å². The molecule has 1 fully saturated rings. The first-order chi connectivity index (χ1) is 18.2. The molecule has 1 aromatic carbocycles. The van der Waals surface area contributed by atoms with Crippen molar-refractivity contribution < 1.29 is 38.4 Å². The second-order valence-corrected chi connectivity index (χ2v) is 10.1. The molecule has 2 atom stereocenters. The fraction of sp³-hybridized carbons (Fsp3) is 0.704. The number of likely N-dealkylation sites (tertiary alicyclic amines) is 1. The summed E-state index contributed by atoms with van der Waals surface area (Å²) in [6.45, 7) is 10.4. The van der Waals surface area contributed by atoms with Gasteiger partial charge in [0.1, 0.15) is 6.04 Å². The number of methoxy groups -OCH3 is 2. The normalized spacial score (nSPS) is 16.4. The number of carbonyl (C=O) groups excluding carboxylic acids is 1. The summed E-state index contributed by atoms with van der Waals surface area (Å²) in [5.41, 5.74) is 0.699. The molecule has 11 heteroatoms. The van der Waals surface area contributed by atoms with Crippen LogP contribution in [-0.4, -0.2) is 119 Å². The Bertz CT molecular complexity index is 831. The maximum absolute atomic E-state index is 13.8. The van der Waals surface area contributed by atoms with Crippen LogP contribution in [0.5, 0.6) is 0 Å². The Labute approximate surface area is 226 Å². The number of amides is 2. The van der Waals surface area contributed by atoms with Gasteiger partial charge in [-0.1, -0.05) is 12.1 Å². The molecule has 1 heterocycles. The lowest BCUT2D eigenvalue weighted by molar-refractivity contribution is -0.138. The number of ether oxygens (including phenoxy) is 5. The lowest BCUT2D eigenvalue weighted by Gasteiger charge is -2.40. The van der Waals surface area contributed by atoms with Gasteiger partial charge >= 0.3 is 6.09 Å². The second kappa shape index (κ2) is 16.5. The summed E-state index contributed by atoms with van der Waals surface area (Å²) in [5, 5.41) is 13.3. The van der Waals surface area contributed by atoms with Crippen LogP contribution in [0.3, 0.4) is 0 Å². The van der Waals surface area contributed by atoms with Gasteiger partial charge in [0.25, 0.3) is 0 Å². The maximum Gasteiger partial charge on any atom is 0.408 e. The van der Waals surface area contributed by atoms with E-state index in [1.54, 1.807) is 52.0 Å². The summed E-state index contributed by atoms with van der Waals surface area (Å²) in [5.74, 6) is -0.252. The van der Waals surface area contributed by atoms with Crippen molar-refractivity contribution in [2.45, 2.75) is 44.9 Å². The number of carboxylic acid groups (broad SMARTS) is 1. The van der Waals surface area contributed by atoms with Crippen LogP contribution in [0.25, 0.3) is 0 Å². The number of rotatable bonds is 17. The Morgan fingerprint density at radius 3 is 2.18 bits per heavy atom. The molecule has 1 aliphatic rings. The van der Waals surface area contributed by atoms with Gasteiger partial charge in [0, 0.05) is 45.1 Å². The van der Waals surface area contributed by atoms with Crippen LogP contribution < -0.4 is 5.32 Å². The van der Waals surface area contributed by atoms with E-state index < -0.39 is 17.7 Å². The molecule has 1 aromatic rings. The first-order valence-corrected chi connectivity index (χ1v) is 13.1. The highest BCUT2D eigenvalue weighted by atomic mass is 16.6. The number of anilines is 1. The summed E-state index contributed by atoms with van der Waals surface area (Å²) < 4.78 is 26.8. The van der Waals surface area contributed by atoms with Crippen LogP contribution in [0.2, 0.25) is 0 Å². The predicted octanol–water partition coefficient (Wildman–Crippen LogP) is 2.86. The smallest absolute Gasteiger partial charge is 0.408 e. The van der Waals surface area contributed by atoms with Gasteiger partial charge in [0.05, 0.1) is 52.4 Å². The summed E-state index contributed by atoms with van der Waals surface area (Å²) in [6.07, 6.45) is -0.585. The Hall–Kier alpha value is -2.44. The number of carbonyl (C=O) groups is 2. The van der Waals surface area contributed by atoms with Gasteiger partial charge in [-0.15, -0.1) is 0 Å². The van der Waals surface area contributed by atoms with Crippen molar-refractivity contribution in [3.8, 4) is 0 Å². The Morgan fingerprint density at radius 2 is 1.61 bits per heavy atom. The molecule has 216 valence electrons. The lowest BCUT2D eigenvalue weighted by atomic mass is 9.97. The van der Waals surface area contributed by atoms with Crippen LogP contribution in [0, 0.1) is 0 Å². The molecule has 1 aliphatic heterocycles. The quantitative estimate of drug-likeness (QED) is 0.288. The van der Waals surface area contributed by atoms with E-state index in [0.29, 0.717) is 77.9 Å². The van der Waals surface area contributed by atoms with E-state index in [1.807, 2.05) is 12.1 Å². The zero-order chi connectivity index (χ0) is 28.0. The summed E-state index contributed by atoms with van der Waals surface area (Å²) in [6, 6.07) is 6.35. The second-order valence-electron chi connectivity index (χ2n) is 10.1. The van der Waals surface area contributed by atoms with E-state index in [2.05, 4.69) is 5.32 Å². The molecule has 0 aliphatic carbocycles. The van der Waals surface area contributed by atoms with Crippen molar-refractivity contribution in [3.05, 3.63) is 29.8 Å². The molecular weight excluding hydrogens is 494 g/mol. The third-order valence-corrected chi connectivity index (χ3v) is 6.12. The van der Waals surface area contributed by atoms with E-state index in [1.165, 1.54) is 4.90 Å². The van der Waals surface area contributed by atoms with Crippen molar-refractivity contribution in [1.82, 2.24) is 9.80 Å². The van der Waals surface area contributed by atoms with Gasteiger partial charge in [-0.25, -0.2) is 4.79 Å². The van der Waals surface area contributed by atoms with Crippen LogP contribution in [0.1, 0.15) is 38.8 Å². The van der Waals surface area contributed by atoms with Crippen molar-refractivity contribution >= 4 is 17.7 Å². The van der Waals surface area contributed by atoms with Gasteiger partial charge in [0.2, 0.25) is 5.91 Å². The predicted molar refractivity (Wildman–Crippen MR) is 144 cm³/mol. The Kier molecular flexibility index (Phi) is 13.8. The van der Waals surface area contributed by atoms with E-state index in [0.717, 1.165) is 5.69 Å². The fourth-order valence-electron chi connectivity index (χ4n) is 4.24. The van der Waals surface area contributed by atoms with Crippen LogP contribution >= 0.6 is 0 Å². The van der Waals surface area contributed by atoms with Gasteiger partial charge in [0.15, 0.2) is 0 Å². The molecule has 11 nitrogen and oxygen atoms in total. The van der Waals surface area contributed by atoms with E-state index >= 15 is 0 Å². The molecule has 1 unspecified atom stereocenters. The molecule has 2 N–H and O–H groups in total. The summed E-state index contributed by atoms with van der Waals surface area (Å²) >= 11 is 0. The van der Waals surface area contributed by atoms with Gasteiger partial charge in [-0.3, -0.25) is 9.69 Å². The molecule has 0 spiro atoms. The first-order valence-electron chi connectivity index (χ1n) is 13.1.